The van der Waals surface area contributed by atoms with Gasteiger partial charge in [0, 0.05) is 6.54 Å². The third kappa shape index (κ3) is 3.65. The summed E-state index contributed by atoms with van der Waals surface area (Å²) in [4.78, 5) is 10.7. The van der Waals surface area contributed by atoms with E-state index in [4.69, 9.17) is 5.11 Å². The topological polar surface area (TPSA) is 101 Å². The van der Waals surface area contributed by atoms with Crippen molar-refractivity contribution in [3.8, 4) is 0 Å². The molecule has 1 aromatic rings. The van der Waals surface area contributed by atoms with E-state index in [0.717, 1.165) is 0 Å². The highest BCUT2D eigenvalue weighted by molar-refractivity contribution is 7.89. The van der Waals surface area contributed by atoms with Crippen molar-refractivity contribution >= 4 is 16.0 Å². The maximum absolute atomic E-state index is 12.1. The molecule has 0 saturated carbocycles. The van der Waals surface area contributed by atoms with Crippen molar-refractivity contribution in [2.75, 3.05) is 6.54 Å². The van der Waals surface area contributed by atoms with Crippen LogP contribution in [0.25, 0.3) is 0 Å². The first-order valence-corrected chi connectivity index (χ1v) is 7.14. The molecule has 0 amide bonds. The van der Waals surface area contributed by atoms with Crippen LogP contribution in [-0.4, -0.2) is 35.8 Å². The van der Waals surface area contributed by atoms with Crippen LogP contribution in [0, 0.1) is 13.8 Å². The van der Waals surface area contributed by atoms with Crippen molar-refractivity contribution in [2.45, 2.75) is 31.7 Å². The monoisotopic (exact) mass is 287 g/mol. The molecule has 0 aliphatic rings. The molecule has 1 aromatic heterocycles. The Morgan fingerprint density at radius 3 is 2.68 bits per heavy atom. The number of aromatic nitrogens is 2. The Hall–Kier alpha value is -1.67. The van der Waals surface area contributed by atoms with Crippen molar-refractivity contribution in [3.05, 3.63) is 24.0 Å². The first kappa shape index (κ1) is 15.4. The lowest BCUT2D eigenvalue weighted by molar-refractivity contribution is -0.137. The third-order valence-electron chi connectivity index (χ3n) is 2.51. The zero-order valence-electron chi connectivity index (χ0n) is 10.9. The summed E-state index contributed by atoms with van der Waals surface area (Å²) in [5.74, 6) is -1.07. The molecular formula is C11H17N3O4S. The van der Waals surface area contributed by atoms with Gasteiger partial charge < -0.3 is 5.11 Å². The molecule has 19 heavy (non-hydrogen) atoms. The van der Waals surface area contributed by atoms with Gasteiger partial charge in [-0.1, -0.05) is 6.08 Å². The predicted molar refractivity (Wildman–Crippen MR) is 69.3 cm³/mol. The first-order valence-electron chi connectivity index (χ1n) is 5.66. The van der Waals surface area contributed by atoms with Crippen LogP contribution >= 0.6 is 0 Å². The van der Waals surface area contributed by atoms with Gasteiger partial charge in [-0.05, 0) is 20.3 Å². The fourth-order valence-electron chi connectivity index (χ4n) is 1.72. The fourth-order valence-corrected chi connectivity index (χ4v) is 3.17. The highest BCUT2D eigenvalue weighted by Crippen LogP contribution is 2.19. The number of carboxylic acids is 1. The summed E-state index contributed by atoms with van der Waals surface area (Å²) in [6.45, 7) is 6.45. The molecule has 0 radical (unpaired) electrons. The predicted octanol–water partition coefficient (Wildman–Crippen LogP) is 0.439. The van der Waals surface area contributed by atoms with E-state index in [0.29, 0.717) is 12.1 Å². The van der Waals surface area contributed by atoms with Crippen LogP contribution in [-0.2, 0) is 21.4 Å². The quantitative estimate of drug-likeness (QED) is 0.559. The number of aliphatic carboxylic acids is 1. The average molecular weight is 287 g/mol. The van der Waals surface area contributed by atoms with E-state index in [1.165, 1.54) is 18.5 Å². The van der Waals surface area contributed by atoms with Gasteiger partial charge in [-0.15, -0.1) is 6.58 Å². The van der Waals surface area contributed by atoms with E-state index < -0.39 is 16.0 Å². The Bertz CT molecular complexity index is 589. The van der Waals surface area contributed by atoms with E-state index in [1.807, 2.05) is 0 Å². The molecule has 1 rings (SSSR count). The van der Waals surface area contributed by atoms with Gasteiger partial charge in [-0.25, -0.2) is 13.1 Å². The van der Waals surface area contributed by atoms with Crippen molar-refractivity contribution in [1.29, 1.82) is 0 Å². The van der Waals surface area contributed by atoms with Crippen LogP contribution in [0.15, 0.2) is 17.6 Å². The highest BCUT2D eigenvalue weighted by atomic mass is 32.2. The maximum Gasteiger partial charge on any atom is 0.325 e. The molecule has 0 aromatic carbocycles. The van der Waals surface area contributed by atoms with E-state index in [2.05, 4.69) is 16.4 Å². The number of hydrogen-bond donors (Lipinski definition) is 2. The van der Waals surface area contributed by atoms with Crippen molar-refractivity contribution in [3.63, 3.8) is 0 Å². The largest absolute Gasteiger partial charge is 0.480 e. The van der Waals surface area contributed by atoms with Crippen molar-refractivity contribution < 1.29 is 18.3 Å². The summed E-state index contributed by atoms with van der Waals surface area (Å²) in [7, 11) is -3.68. The zero-order chi connectivity index (χ0) is 14.6. The molecule has 0 saturated heterocycles. The molecule has 7 nitrogen and oxygen atoms in total. The van der Waals surface area contributed by atoms with Crippen LogP contribution in [0.5, 0.6) is 0 Å². The average Bonchev–Trinajstić information content (AvgIpc) is 2.53. The number of nitrogens with zero attached hydrogens (tertiary/aromatic N) is 2. The van der Waals surface area contributed by atoms with E-state index >= 15 is 0 Å². The Kier molecular flexibility index (Phi) is 4.84. The van der Waals surface area contributed by atoms with Gasteiger partial charge in [0.2, 0.25) is 10.0 Å². The van der Waals surface area contributed by atoms with Gasteiger partial charge in [0.05, 0.1) is 11.4 Å². The normalized spacial score (nSPS) is 11.5. The molecule has 0 fully saturated rings. The first-order chi connectivity index (χ1) is 8.79. The number of nitrogens with one attached hydrogen (secondary N) is 1. The van der Waals surface area contributed by atoms with Crippen LogP contribution in [0.3, 0.4) is 0 Å². The van der Waals surface area contributed by atoms with Gasteiger partial charge in [-0.3, -0.25) is 9.48 Å². The Balaban J connectivity index is 3.09. The second kappa shape index (κ2) is 5.98. The lowest BCUT2D eigenvalue weighted by Gasteiger charge is -2.06. The zero-order valence-corrected chi connectivity index (χ0v) is 11.7. The number of aryl methyl sites for hydroxylation is 1. The van der Waals surface area contributed by atoms with Gasteiger partial charge in [0.15, 0.2) is 0 Å². The molecule has 2 N–H and O–H groups in total. The van der Waals surface area contributed by atoms with Crippen LogP contribution in [0.4, 0.5) is 0 Å². The molecule has 8 heteroatoms. The SMILES string of the molecule is C=CCCNS(=O)(=O)c1c(C)nn(CC(=O)O)c1C. The van der Waals surface area contributed by atoms with Crippen molar-refractivity contribution in [2.24, 2.45) is 0 Å². The summed E-state index contributed by atoms with van der Waals surface area (Å²) in [5, 5.41) is 12.7. The third-order valence-corrected chi connectivity index (χ3v) is 4.22. The Morgan fingerprint density at radius 2 is 2.16 bits per heavy atom. The Labute approximate surface area is 112 Å². The summed E-state index contributed by atoms with van der Waals surface area (Å²) < 4.78 is 27.8. The summed E-state index contributed by atoms with van der Waals surface area (Å²) >= 11 is 0. The number of carboxylic acid groups (broad SMARTS) is 1. The second-order valence-electron chi connectivity index (χ2n) is 4.03. The van der Waals surface area contributed by atoms with Gasteiger partial charge in [0.25, 0.3) is 0 Å². The molecule has 0 spiro atoms. The number of rotatable bonds is 7. The van der Waals surface area contributed by atoms with Crippen LogP contribution < -0.4 is 4.72 Å². The van der Waals surface area contributed by atoms with E-state index in [9.17, 15) is 13.2 Å². The molecule has 0 aliphatic heterocycles. The lowest BCUT2D eigenvalue weighted by atomic mass is 10.4. The van der Waals surface area contributed by atoms with Crippen LogP contribution in [0.1, 0.15) is 17.8 Å². The molecule has 0 atom stereocenters. The lowest BCUT2D eigenvalue weighted by Crippen LogP contribution is -2.25. The number of sulfonamides is 1. The minimum absolute atomic E-state index is 0.0396. The van der Waals surface area contributed by atoms with Crippen molar-refractivity contribution in [1.82, 2.24) is 14.5 Å². The minimum atomic E-state index is -3.68. The summed E-state index contributed by atoms with van der Waals surface area (Å²) in [5.41, 5.74) is 0.593. The molecule has 0 bridgehead atoms. The molecule has 0 unspecified atom stereocenters. The number of carbonyl (C=O) groups is 1. The van der Waals surface area contributed by atoms with Gasteiger partial charge in [0.1, 0.15) is 11.4 Å². The standard InChI is InChI=1S/C11H17N3O4S/c1-4-5-6-12-19(17,18)11-8(2)13-14(9(11)3)7-10(15)16/h4,12H,1,5-7H2,2-3H3,(H,15,16). The van der Waals surface area contributed by atoms with E-state index in [1.54, 1.807) is 6.08 Å². The van der Waals surface area contributed by atoms with E-state index in [-0.39, 0.29) is 23.7 Å². The molecule has 1 heterocycles. The maximum atomic E-state index is 12.1. The highest BCUT2D eigenvalue weighted by Gasteiger charge is 2.24. The summed E-state index contributed by atoms with van der Waals surface area (Å²) in [6.07, 6.45) is 2.12. The smallest absolute Gasteiger partial charge is 0.325 e. The minimum Gasteiger partial charge on any atom is -0.480 e. The summed E-state index contributed by atoms with van der Waals surface area (Å²) in [6, 6.07) is 0. The molecule has 0 aliphatic carbocycles. The second-order valence-corrected chi connectivity index (χ2v) is 5.73. The fraction of sp³-hybridized carbons (Fsp3) is 0.455. The Morgan fingerprint density at radius 1 is 1.53 bits per heavy atom. The molecular weight excluding hydrogens is 270 g/mol. The van der Waals surface area contributed by atoms with Gasteiger partial charge in [-0.2, -0.15) is 5.10 Å². The van der Waals surface area contributed by atoms with Gasteiger partial charge >= 0.3 is 5.97 Å². The molecule has 106 valence electrons. The number of hydrogen-bond acceptors (Lipinski definition) is 4. The van der Waals surface area contributed by atoms with Crippen LogP contribution in [0.2, 0.25) is 0 Å².